The second-order valence-electron chi connectivity index (χ2n) is 5.25. The van der Waals surface area contributed by atoms with E-state index in [0.29, 0.717) is 4.31 Å². The molecule has 2 fully saturated rings. The normalized spacial score (nSPS) is 22.6. The molecule has 0 aromatic heterocycles. The summed E-state index contributed by atoms with van der Waals surface area (Å²) in [6.45, 7) is 0.260. The summed E-state index contributed by atoms with van der Waals surface area (Å²) in [5.41, 5.74) is -0.615. The molecular weight excluding hydrogens is 325 g/mol. The monoisotopic (exact) mass is 339 g/mol. The third-order valence-corrected chi connectivity index (χ3v) is 4.98. The number of rotatable bonds is 1. The summed E-state index contributed by atoms with van der Waals surface area (Å²) in [6.07, 6.45) is 1.85. The van der Waals surface area contributed by atoms with Crippen LogP contribution in [-0.2, 0) is 15.0 Å². The molecule has 2 saturated heterocycles. The maximum Gasteiger partial charge on any atom is 0.326 e. The Morgan fingerprint density at radius 3 is 2.78 bits per heavy atom. The van der Waals surface area contributed by atoms with Crippen LogP contribution < -0.4 is 14.3 Å². The molecule has 9 heteroatoms. The molecule has 2 heterocycles. The summed E-state index contributed by atoms with van der Waals surface area (Å²) >= 11 is 0. The number of amides is 1. The number of phenolic OH excluding ortho intramolecular Hbond substituents is 1. The Balaban J connectivity index is 2.01. The van der Waals surface area contributed by atoms with E-state index in [0.717, 1.165) is 25.5 Å². The maximum atomic E-state index is 14.6. The molecule has 7 nitrogen and oxygen atoms in total. The molecule has 0 radical (unpaired) electrons. The molecule has 1 aromatic rings. The summed E-state index contributed by atoms with van der Waals surface area (Å²) in [6, 6.07) is 2.39. The topological polar surface area (TPSA) is 98.7 Å². The largest absolute Gasteiger partial charge is 0.506 e. The quantitative estimate of drug-likeness (QED) is 0.616. The van der Waals surface area contributed by atoms with E-state index in [-0.39, 0.29) is 11.6 Å². The van der Waals surface area contributed by atoms with Gasteiger partial charge in [0.15, 0.2) is 5.82 Å². The van der Waals surface area contributed by atoms with Gasteiger partial charge in [0.2, 0.25) is 0 Å². The number of carbonyl (C=O) groups excluding carboxylic acids is 1. The molecule has 1 amide bonds. The number of hydrogen-bond donors (Lipinski definition) is 3. The Kier molecular flexibility index (Phi) is 3.87. The van der Waals surface area contributed by atoms with E-state index >= 15 is 0 Å². The lowest BCUT2D eigenvalue weighted by Gasteiger charge is -2.17. The van der Waals surface area contributed by atoms with Gasteiger partial charge in [-0.05, 0) is 31.5 Å². The summed E-state index contributed by atoms with van der Waals surface area (Å²) in [5, 5.41) is 13.0. The highest BCUT2D eigenvalue weighted by Crippen LogP contribution is 2.34. The van der Waals surface area contributed by atoms with Crippen LogP contribution >= 0.6 is 0 Å². The first-order chi connectivity index (χ1) is 10.9. The predicted molar refractivity (Wildman–Crippen MR) is 80.4 cm³/mol. The number of halogens is 1. The van der Waals surface area contributed by atoms with Crippen molar-refractivity contribution in [2.45, 2.75) is 18.9 Å². The van der Waals surface area contributed by atoms with Crippen molar-refractivity contribution in [1.29, 1.82) is 0 Å². The number of hydrogen-bond acceptors (Lipinski definition) is 5. The second-order valence-corrected chi connectivity index (χ2v) is 6.85. The first kappa shape index (κ1) is 15.6. The lowest BCUT2D eigenvalue weighted by molar-refractivity contribution is -0.117. The number of anilines is 1. The SMILES string of the molecule is O=C1CN(c2c(O)ccc(C#CC3CCCN3)c2F)S(=O)(=O)N1. The minimum Gasteiger partial charge on any atom is -0.506 e. The van der Waals surface area contributed by atoms with Crippen LogP contribution in [0.2, 0.25) is 0 Å². The van der Waals surface area contributed by atoms with E-state index in [4.69, 9.17) is 0 Å². The zero-order chi connectivity index (χ0) is 16.6. The summed E-state index contributed by atoms with van der Waals surface area (Å²) < 4.78 is 40.5. The Morgan fingerprint density at radius 1 is 1.39 bits per heavy atom. The zero-order valence-corrected chi connectivity index (χ0v) is 12.8. The average Bonchev–Trinajstić information content (AvgIpc) is 3.06. The lowest BCUT2D eigenvalue weighted by Crippen LogP contribution is -2.30. The Labute approximate surface area is 132 Å². The summed E-state index contributed by atoms with van der Waals surface area (Å²) in [5.74, 6) is 3.18. The van der Waals surface area contributed by atoms with Gasteiger partial charge in [-0.3, -0.25) is 4.79 Å². The third-order valence-electron chi connectivity index (χ3n) is 3.61. The third kappa shape index (κ3) is 2.95. The van der Waals surface area contributed by atoms with Gasteiger partial charge in [0, 0.05) is 0 Å². The van der Waals surface area contributed by atoms with Crippen LogP contribution in [0.15, 0.2) is 12.1 Å². The molecule has 0 spiro atoms. The van der Waals surface area contributed by atoms with Crippen LogP contribution in [0.5, 0.6) is 5.75 Å². The zero-order valence-electron chi connectivity index (χ0n) is 12.0. The number of carbonyl (C=O) groups is 1. The van der Waals surface area contributed by atoms with E-state index < -0.39 is 39.9 Å². The number of nitrogens with zero attached hydrogens (tertiary/aromatic N) is 1. The van der Waals surface area contributed by atoms with E-state index in [9.17, 15) is 22.7 Å². The molecule has 1 atom stereocenters. The summed E-state index contributed by atoms with van der Waals surface area (Å²) in [7, 11) is -4.21. The van der Waals surface area contributed by atoms with Gasteiger partial charge < -0.3 is 10.4 Å². The molecule has 1 unspecified atom stereocenters. The van der Waals surface area contributed by atoms with Gasteiger partial charge >= 0.3 is 10.2 Å². The average molecular weight is 339 g/mol. The van der Waals surface area contributed by atoms with Crippen molar-refractivity contribution < 1.29 is 22.7 Å². The van der Waals surface area contributed by atoms with Crippen LogP contribution in [-0.4, -0.2) is 38.6 Å². The Hall–Kier alpha value is -2.31. The van der Waals surface area contributed by atoms with Crippen LogP contribution in [0.3, 0.4) is 0 Å². The van der Waals surface area contributed by atoms with Crippen molar-refractivity contribution >= 4 is 21.8 Å². The minimum atomic E-state index is -4.21. The molecule has 2 aliphatic heterocycles. The molecule has 3 N–H and O–H groups in total. The van der Waals surface area contributed by atoms with Crippen molar-refractivity contribution in [2.75, 3.05) is 17.4 Å². The van der Waals surface area contributed by atoms with E-state index in [1.54, 1.807) is 4.72 Å². The number of nitrogens with one attached hydrogen (secondary N) is 2. The van der Waals surface area contributed by atoms with Gasteiger partial charge in [0.1, 0.15) is 18.0 Å². The highest BCUT2D eigenvalue weighted by atomic mass is 32.2. The van der Waals surface area contributed by atoms with Crippen molar-refractivity contribution in [3.05, 3.63) is 23.5 Å². The fourth-order valence-corrected chi connectivity index (χ4v) is 3.67. The van der Waals surface area contributed by atoms with E-state index in [1.165, 1.54) is 6.07 Å². The van der Waals surface area contributed by atoms with Crippen LogP contribution in [0.4, 0.5) is 10.1 Å². The fraction of sp³-hybridized carbons (Fsp3) is 0.357. The first-order valence-electron chi connectivity index (χ1n) is 6.98. The van der Waals surface area contributed by atoms with Crippen molar-refractivity contribution in [2.24, 2.45) is 0 Å². The smallest absolute Gasteiger partial charge is 0.326 e. The maximum absolute atomic E-state index is 14.6. The molecule has 23 heavy (non-hydrogen) atoms. The fourth-order valence-electron chi connectivity index (χ4n) is 2.51. The Morgan fingerprint density at radius 2 is 2.17 bits per heavy atom. The summed E-state index contributed by atoms with van der Waals surface area (Å²) in [4.78, 5) is 11.3. The van der Waals surface area contributed by atoms with Gasteiger partial charge in [0.05, 0.1) is 11.6 Å². The van der Waals surface area contributed by atoms with Crippen molar-refractivity contribution in [1.82, 2.24) is 10.0 Å². The molecule has 122 valence electrons. The highest BCUT2D eigenvalue weighted by molar-refractivity contribution is 7.92. The molecule has 0 aliphatic carbocycles. The minimum absolute atomic E-state index is 0.0367. The highest BCUT2D eigenvalue weighted by Gasteiger charge is 2.37. The molecule has 0 saturated carbocycles. The molecular formula is C14H14FN3O4S. The van der Waals surface area contributed by atoms with Gasteiger partial charge in [-0.25, -0.2) is 13.4 Å². The van der Waals surface area contributed by atoms with Gasteiger partial charge in [0.25, 0.3) is 5.91 Å². The van der Waals surface area contributed by atoms with Crippen LogP contribution in [0.1, 0.15) is 18.4 Å². The number of aromatic hydroxyl groups is 1. The van der Waals surface area contributed by atoms with Crippen LogP contribution in [0, 0.1) is 17.7 Å². The van der Waals surface area contributed by atoms with Crippen molar-refractivity contribution in [3.63, 3.8) is 0 Å². The van der Waals surface area contributed by atoms with Crippen LogP contribution in [0.25, 0.3) is 0 Å². The molecule has 3 rings (SSSR count). The van der Waals surface area contributed by atoms with Gasteiger partial charge in [-0.15, -0.1) is 0 Å². The molecule has 0 bridgehead atoms. The van der Waals surface area contributed by atoms with E-state index in [1.807, 2.05) is 0 Å². The van der Waals surface area contributed by atoms with E-state index in [2.05, 4.69) is 17.2 Å². The first-order valence-corrected chi connectivity index (χ1v) is 8.42. The molecule has 1 aromatic carbocycles. The van der Waals surface area contributed by atoms with Crippen molar-refractivity contribution in [3.8, 4) is 17.6 Å². The molecule has 2 aliphatic rings. The predicted octanol–water partition coefficient (Wildman–Crippen LogP) is -0.184. The Bertz CT molecular complexity index is 822. The lowest BCUT2D eigenvalue weighted by atomic mass is 10.1. The van der Waals surface area contributed by atoms with Gasteiger partial charge in [-0.2, -0.15) is 8.42 Å². The standard InChI is InChI=1S/C14H14FN3O4S/c15-13-9(3-5-10-2-1-7-16-10)4-6-11(19)14(13)18-8-12(20)17-23(18,21)22/h4,6,10,16,19H,1-2,7-8H2,(H,17,20). The number of phenols is 1. The van der Waals surface area contributed by atoms with Gasteiger partial charge in [-0.1, -0.05) is 11.8 Å². The second kappa shape index (κ2) is 5.72. The number of benzene rings is 1.